The standard InChI is InChI=1S/C45H43NS10/c1-4-6-18-28-47-40-41(48-29-19-7-5-2)52-43(51-40)42-49-36-37(50-42)39(45(31-22-12-9-13-23-31)55-34-26-16-17-27-35(34)56-45)46(3)38(36)44(30-20-10-8-11-21-30)53-32-24-14-15-25-33(32)54-44/h8-17,20-27H,4-7,18-19,28-29H2,1-3H3. The first-order valence-corrected chi connectivity index (χ1v) is 27.8. The maximum atomic E-state index is 2.64. The quantitative estimate of drug-likeness (QED) is 0.0988. The van der Waals surface area contributed by atoms with Gasteiger partial charge in [0.05, 0.1) is 38.1 Å². The van der Waals surface area contributed by atoms with Crippen molar-refractivity contribution in [1.29, 1.82) is 0 Å². The molecule has 9 rings (SSSR count). The second-order valence-electron chi connectivity index (χ2n) is 13.9. The van der Waals surface area contributed by atoms with Gasteiger partial charge < -0.3 is 4.57 Å². The van der Waals surface area contributed by atoms with Crippen molar-refractivity contribution in [2.75, 3.05) is 11.5 Å². The Labute approximate surface area is 375 Å². The molecule has 288 valence electrons. The van der Waals surface area contributed by atoms with Crippen molar-refractivity contribution in [2.24, 2.45) is 7.05 Å². The summed E-state index contributed by atoms with van der Waals surface area (Å²) in [6.45, 7) is 4.62. The van der Waals surface area contributed by atoms with E-state index in [-0.39, 0.29) is 8.16 Å². The van der Waals surface area contributed by atoms with Gasteiger partial charge in [-0.1, -0.05) is 219 Å². The molecule has 4 aliphatic heterocycles. The monoisotopic (exact) mass is 917 g/mol. The molecule has 5 aromatic rings. The highest BCUT2D eigenvalue weighted by Gasteiger charge is 2.54. The summed E-state index contributed by atoms with van der Waals surface area (Å²) < 4.78 is 7.94. The fourth-order valence-corrected chi connectivity index (χ4v) is 23.6. The zero-order valence-electron chi connectivity index (χ0n) is 31.6. The molecule has 0 saturated carbocycles. The number of rotatable bonds is 14. The van der Waals surface area contributed by atoms with Gasteiger partial charge in [0, 0.05) is 26.6 Å². The van der Waals surface area contributed by atoms with Crippen LogP contribution < -0.4 is 0 Å². The van der Waals surface area contributed by atoms with Gasteiger partial charge in [-0.3, -0.25) is 0 Å². The third-order valence-electron chi connectivity index (χ3n) is 10.0. The predicted molar refractivity (Wildman–Crippen MR) is 261 cm³/mol. The summed E-state index contributed by atoms with van der Waals surface area (Å²) in [5, 5.41) is 0. The number of thioether (sulfide) groups is 10. The Balaban J connectivity index is 1.20. The highest BCUT2D eigenvalue weighted by molar-refractivity contribution is 8.42. The van der Waals surface area contributed by atoms with Crippen LogP contribution in [-0.4, -0.2) is 16.1 Å². The Hall–Kier alpha value is -0.860. The van der Waals surface area contributed by atoms with Crippen LogP contribution in [0.2, 0.25) is 0 Å². The van der Waals surface area contributed by atoms with Crippen LogP contribution in [0.5, 0.6) is 0 Å². The third kappa shape index (κ3) is 7.68. The second-order valence-corrected chi connectivity index (χ2v) is 26.7. The number of hydrogen-bond donors (Lipinski definition) is 0. The number of hydrogen-bond acceptors (Lipinski definition) is 10. The minimum Gasteiger partial charge on any atom is -0.345 e. The zero-order valence-corrected chi connectivity index (χ0v) is 39.7. The van der Waals surface area contributed by atoms with Crippen molar-refractivity contribution in [3.63, 3.8) is 0 Å². The molecule has 1 nitrogen and oxygen atoms in total. The topological polar surface area (TPSA) is 4.93 Å². The van der Waals surface area contributed by atoms with Gasteiger partial charge in [0.15, 0.2) is 0 Å². The van der Waals surface area contributed by atoms with Gasteiger partial charge in [-0.25, -0.2) is 0 Å². The minimum absolute atomic E-state index is 0.344. The first-order valence-electron chi connectivity index (χ1n) is 19.3. The number of nitrogens with zero attached hydrogens (tertiary/aromatic N) is 1. The normalized spacial score (nSPS) is 17.8. The van der Waals surface area contributed by atoms with Crippen LogP contribution in [0.3, 0.4) is 0 Å². The molecule has 0 saturated heterocycles. The summed E-state index contributed by atoms with van der Waals surface area (Å²) >= 11 is 20.6. The van der Waals surface area contributed by atoms with Crippen molar-refractivity contribution in [3.8, 4) is 0 Å². The molecule has 0 fully saturated rings. The van der Waals surface area contributed by atoms with E-state index in [0.29, 0.717) is 0 Å². The highest BCUT2D eigenvalue weighted by Crippen LogP contribution is 2.74. The van der Waals surface area contributed by atoms with E-state index in [1.807, 2.05) is 70.6 Å². The van der Waals surface area contributed by atoms with Gasteiger partial charge in [-0.2, -0.15) is 0 Å². The first kappa shape index (κ1) is 40.5. The smallest absolute Gasteiger partial charge is 0.136 e. The van der Waals surface area contributed by atoms with Crippen molar-refractivity contribution in [3.05, 3.63) is 149 Å². The summed E-state index contributed by atoms with van der Waals surface area (Å²) in [5.74, 6) is 2.41. The van der Waals surface area contributed by atoms with Crippen LogP contribution in [0.1, 0.15) is 74.9 Å². The lowest BCUT2D eigenvalue weighted by molar-refractivity contribution is 0.748. The second kappa shape index (κ2) is 18.0. The molecule has 5 heterocycles. The molecule has 0 amide bonds. The SMILES string of the molecule is CCCCCSC1=C(SCCCCC)SC(=C2Sc3c(c(C4(c5ccccc5)Sc5ccccc5S4)n(C)c3C3(c4ccccc4)Sc4ccccc4S3)S2)S1. The molecule has 4 aromatic carbocycles. The van der Waals surface area contributed by atoms with Crippen molar-refractivity contribution in [1.82, 2.24) is 4.57 Å². The average Bonchev–Trinajstić information content (AvgIpc) is 4.06. The zero-order chi connectivity index (χ0) is 38.1. The molecule has 56 heavy (non-hydrogen) atoms. The molecule has 0 unspecified atom stereocenters. The molecular weight excluding hydrogens is 875 g/mol. The fraction of sp³-hybridized carbons (Fsp3) is 0.289. The van der Waals surface area contributed by atoms with Gasteiger partial charge in [0.2, 0.25) is 0 Å². The Bertz CT molecular complexity index is 2070. The van der Waals surface area contributed by atoms with Gasteiger partial charge in [-0.05, 0) is 59.7 Å². The van der Waals surface area contributed by atoms with Crippen molar-refractivity contribution < 1.29 is 0 Å². The molecular formula is C45H43NS10. The number of benzene rings is 4. The molecule has 0 aliphatic carbocycles. The van der Waals surface area contributed by atoms with Crippen LogP contribution in [0.4, 0.5) is 0 Å². The van der Waals surface area contributed by atoms with E-state index in [1.54, 1.807) is 0 Å². The number of fused-ring (bicyclic) bond motifs is 3. The maximum absolute atomic E-state index is 2.64. The Kier molecular flexibility index (Phi) is 13.0. The lowest BCUT2D eigenvalue weighted by atomic mass is 10.1. The Morgan fingerprint density at radius 1 is 0.464 bits per heavy atom. The van der Waals surface area contributed by atoms with Crippen molar-refractivity contribution >= 4 is 118 Å². The molecule has 11 heteroatoms. The molecule has 0 N–H and O–H groups in total. The van der Waals surface area contributed by atoms with E-state index in [1.165, 1.54) is 119 Å². The molecule has 0 bridgehead atoms. The predicted octanol–water partition coefficient (Wildman–Crippen LogP) is 17.0. The molecule has 1 aromatic heterocycles. The summed E-state index contributed by atoms with van der Waals surface area (Å²) in [6, 6.07) is 40.7. The van der Waals surface area contributed by atoms with E-state index in [9.17, 15) is 0 Å². The van der Waals surface area contributed by atoms with Crippen molar-refractivity contribution in [2.45, 2.75) is 89.9 Å². The number of aromatic nitrogens is 1. The van der Waals surface area contributed by atoms with Gasteiger partial charge in [0.1, 0.15) is 8.16 Å². The minimum atomic E-state index is -0.344. The number of unbranched alkanes of at least 4 members (excludes halogenated alkanes) is 4. The van der Waals surface area contributed by atoms with Crippen LogP contribution in [0, 0.1) is 0 Å². The van der Waals surface area contributed by atoms with E-state index in [0.717, 1.165) is 0 Å². The van der Waals surface area contributed by atoms with Gasteiger partial charge in [0.25, 0.3) is 0 Å². The summed E-state index contributed by atoms with van der Waals surface area (Å²) in [5.41, 5.74) is 5.51. The van der Waals surface area contributed by atoms with Crippen LogP contribution in [0.25, 0.3) is 0 Å². The fourth-order valence-electron chi connectivity index (χ4n) is 7.33. The van der Waals surface area contributed by atoms with E-state index >= 15 is 0 Å². The van der Waals surface area contributed by atoms with Gasteiger partial charge >= 0.3 is 0 Å². The van der Waals surface area contributed by atoms with Gasteiger partial charge in [-0.15, -0.1) is 23.5 Å². The summed E-state index contributed by atoms with van der Waals surface area (Å²) in [6.07, 6.45) is 7.73. The summed E-state index contributed by atoms with van der Waals surface area (Å²) in [4.78, 5) is 8.32. The Morgan fingerprint density at radius 2 is 0.821 bits per heavy atom. The highest BCUT2D eigenvalue weighted by atomic mass is 32.3. The van der Waals surface area contributed by atoms with E-state index < -0.39 is 0 Å². The largest absolute Gasteiger partial charge is 0.345 e. The maximum Gasteiger partial charge on any atom is 0.136 e. The van der Waals surface area contributed by atoms with E-state index in [4.69, 9.17) is 0 Å². The summed E-state index contributed by atoms with van der Waals surface area (Å²) in [7, 11) is 2.37. The third-order valence-corrected chi connectivity index (χ3v) is 25.3. The first-order chi connectivity index (χ1) is 27.5. The molecule has 0 atom stereocenters. The Morgan fingerprint density at radius 3 is 1.20 bits per heavy atom. The lowest BCUT2D eigenvalue weighted by Gasteiger charge is -2.33. The van der Waals surface area contributed by atoms with E-state index in [2.05, 4.69) is 182 Å². The molecule has 4 aliphatic rings. The molecule has 0 radical (unpaired) electrons. The average molecular weight is 919 g/mol. The molecule has 0 spiro atoms. The van der Waals surface area contributed by atoms with Crippen LogP contribution >= 0.6 is 118 Å². The van der Waals surface area contributed by atoms with Crippen LogP contribution in [-0.2, 0) is 15.2 Å². The lowest BCUT2D eigenvalue weighted by Crippen LogP contribution is -2.26. The van der Waals surface area contributed by atoms with Crippen LogP contribution in [0.15, 0.2) is 156 Å².